The molecule has 0 amide bonds. The molecule has 1 N–H and O–H groups in total. The Bertz CT molecular complexity index is 639. The van der Waals surface area contributed by atoms with Gasteiger partial charge in [0.25, 0.3) is 0 Å². The summed E-state index contributed by atoms with van der Waals surface area (Å²) in [4.78, 5) is 0. The van der Waals surface area contributed by atoms with Gasteiger partial charge in [-0.15, -0.1) is 0 Å². The van der Waals surface area contributed by atoms with E-state index in [9.17, 15) is 0 Å². The van der Waals surface area contributed by atoms with Gasteiger partial charge in [0.2, 0.25) is 0 Å². The van der Waals surface area contributed by atoms with Crippen molar-refractivity contribution >= 4 is 11.6 Å². The highest BCUT2D eigenvalue weighted by Gasteiger charge is 2.19. The Balaban J connectivity index is 2.03. The van der Waals surface area contributed by atoms with E-state index in [0.29, 0.717) is 6.61 Å². The third-order valence-electron chi connectivity index (χ3n) is 3.90. The molecule has 2 aromatic carbocycles. The summed E-state index contributed by atoms with van der Waals surface area (Å²) in [5.74, 6) is 0. The quantitative estimate of drug-likeness (QED) is 0.922. The molecule has 2 nitrogen and oxygen atoms in total. The number of hydrogen-bond acceptors (Lipinski definition) is 2. The fraction of sp³-hybridized carbons (Fsp3) is 0.294. The average Bonchev–Trinajstić information content (AvgIpc) is 2.92. The Morgan fingerprint density at radius 1 is 1.15 bits per heavy atom. The molecule has 0 aliphatic carbocycles. The first-order valence-electron chi connectivity index (χ1n) is 6.82. The highest BCUT2D eigenvalue weighted by molar-refractivity contribution is 6.32. The maximum atomic E-state index is 6.47. The second-order valence-electron chi connectivity index (χ2n) is 5.22. The van der Waals surface area contributed by atoms with Crippen molar-refractivity contribution in [2.24, 2.45) is 0 Å². The van der Waals surface area contributed by atoms with Gasteiger partial charge < -0.3 is 10.1 Å². The van der Waals surface area contributed by atoms with E-state index in [1.165, 1.54) is 16.7 Å². The molecule has 0 spiro atoms. The van der Waals surface area contributed by atoms with Crippen molar-refractivity contribution in [3.63, 3.8) is 0 Å². The number of hydrogen-bond donors (Lipinski definition) is 1. The fourth-order valence-electron chi connectivity index (χ4n) is 2.77. The van der Waals surface area contributed by atoms with E-state index in [-0.39, 0.29) is 6.04 Å². The molecule has 0 radical (unpaired) electrons. The molecular formula is C17H18ClNO. The highest BCUT2D eigenvalue weighted by atomic mass is 35.5. The topological polar surface area (TPSA) is 21.3 Å². The van der Waals surface area contributed by atoms with E-state index in [0.717, 1.165) is 22.8 Å². The van der Waals surface area contributed by atoms with Crippen LogP contribution in [-0.4, -0.2) is 7.05 Å². The lowest BCUT2D eigenvalue weighted by Gasteiger charge is -2.20. The normalized spacial score (nSPS) is 15.2. The van der Waals surface area contributed by atoms with Gasteiger partial charge in [-0.2, -0.15) is 0 Å². The van der Waals surface area contributed by atoms with Gasteiger partial charge in [0.1, 0.15) is 0 Å². The van der Waals surface area contributed by atoms with Crippen molar-refractivity contribution in [3.05, 3.63) is 69.2 Å². The van der Waals surface area contributed by atoms with Gasteiger partial charge in [0.05, 0.1) is 19.3 Å². The Morgan fingerprint density at radius 3 is 2.75 bits per heavy atom. The summed E-state index contributed by atoms with van der Waals surface area (Å²) in [6.45, 7) is 3.47. The van der Waals surface area contributed by atoms with E-state index < -0.39 is 0 Å². The van der Waals surface area contributed by atoms with Crippen molar-refractivity contribution in [2.45, 2.75) is 26.2 Å². The van der Waals surface area contributed by atoms with E-state index in [1.54, 1.807) is 0 Å². The first-order chi connectivity index (χ1) is 9.70. The molecule has 3 rings (SSSR count). The largest absolute Gasteiger partial charge is 0.372 e. The number of aryl methyl sites for hydroxylation is 1. The minimum atomic E-state index is 0.105. The van der Waals surface area contributed by atoms with E-state index in [2.05, 4.69) is 35.6 Å². The van der Waals surface area contributed by atoms with Crippen LogP contribution in [-0.2, 0) is 18.0 Å². The summed E-state index contributed by atoms with van der Waals surface area (Å²) in [5.41, 5.74) is 6.02. The Hall–Kier alpha value is -1.35. The average molecular weight is 288 g/mol. The smallest absolute Gasteiger partial charge is 0.0725 e. The van der Waals surface area contributed by atoms with Crippen LogP contribution in [0.2, 0.25) is 5.02 Å². The molecule has 1 aliphatic heterocycles. The minimum Gasteiger partial charge on any atom is -0.372 e. The summed E-state index contributed by atoms with van der Waals surface area (Å²) >= 11 is 6.47. The lowest BCUT2D eigenvalue weighted by Crippen LogP contribution is -2.18. The van der Waals surface area contributed by atoms with Gasteiger partial charge in [-0.25, -0.2) is 0 Å². The number of benzene rings is 2. The zero-order chi connectivity index (χ0) is 14.1. The van der Waals surface area contributed by atoms with Gasteiger partial charge in [0, 0.05) is 5.02 Å². The number of fused-ring (bicyclic) bond motifs is 1. The van der Waals surface area contributed by atoms with Crippen LogP contribution >= 0.6 is 11.6 Å². The van der Waals surface area contributed by atoms with Crippen molar-refractivity contribution < 1.29 is 4.74 Å². The fourth-order valence-corrected chi connectivity index (χ4v) is 3.00. The zero-order valence-corrected chi connectivity index (χ0v) is 12.5. The summed E-state index contributed by atoms with van der Waals surface area (Å²) < 4.78 is 5.49. The maximum absolute atomic E-state index is 6.47. The number of halogens is 1. The van der Waals surface area contributed by atoms with Crippen LogP contribution in [0.15, 0.2) is 36.4 Å². The van der Waals surface area contributed by atoms with E-state index in [4.69, 9.17) is 16.3 Å². The predicted octanol–water partition coefficient (Wildman–Crippen LogP) is 3.99. The molecule has 0 bridgehead atoms. The predicted molar refractivity (Wildman–Crippen MR) is 82.0 cm³/mol. The third kappa shape index (κ3) is 2.35. The lowest BCUT2D eigenvalue weighted by molar-refractivity contribution is 0.134. The monoisotopic (exact) mass is 287 g/mol. The molecule has 20 heavy (non-hydrogen) atoms. The minimum absolute atomic E-state index is 0.105. The molecule has 0 fully saturated rings. The van der Waals surface area contributed by atoms with Crippen LogP contribution in [0, 0.1) is 6.92 Å². The van der Waals surface area contributed by atoms with Crippen LogP contribution in [0.4, 0.5) is 0 Å². The highest BCUT2D eigenvalue weighted by Crippen LogP contribution is 2.32. The van der Waals surface area contributed by atoms with Gasteiger partial charge in [0.15, 0.2) is 0 Å². The lowest BCUT2D eigenvalue weighted by atomic mass is 9.95. The molecule has 1 heterocycles. The number of rotatable bonds is 3. The molecule has 2 aromatic rings. The van der Waals surface area contributed by atoms with E-state index in [1.807, 2.05) is 20.0 Å². The first-order valence-corrected chi connectivity index (χ1v) is 7.20. The van der Waals surface area contributed by atoms with Crippen LogP contribution in [0.3, 0.4) is 0 Å². The van der Waals surface area contributed by atoms with Crippen LogP contribution in [0.25, 0.3) is 0 Å². The SMILES string of the molecule is CNC(c1ccc2c(c1)COC2)c1cccc(C)c1Cl. The van der Waals surface area contributed by atoms with Crippen LogP contribution < -0.4 is 5.32 Å². The van der Waals surface area contributed by atoms with Crippen LogP contribution in [0.5, 0.6) is 0 Å². The molecule has 0 aromatic heterocycles. The van der Waals surface area contributed by atoms with Gasteiger partial charge in [-0.1, -0.05) is 48.0 Å². The van der Waals surface area contributed by atoms with Gasteiger partial charge >= 0.3 is 0 Å². The second kappa shape index (κ2) is 5.57. The number of nitrogens with one attached hydrogen (secondary N) is 1. The van der Waals surface area contributed by atoms with Crippen molar-refractivity contribution in [3.8, 4) is 0 Å². The standard InChI is InChI=1S/C17H18ClNO/c1-11-4-3-5-15(16(11)18)17(19-2)12-6-7-13-9-20-10-14(13)8-12/h3-8,17,19H,9-10H2,1-2H3. The molecule has 104 valence electrons. The van der Waals surface area contributed by atoms with Crippen molar-refractivity contribution in [2.75, 3.05) is 7.05 Å². The van der Waals surface area contributed by atoms with E-state index >= 15 is 0 Å². The summed E-state index contributed by atoms with van der Waals surface area (Å²) in [6.07, 6.45) is 0. The molecule has 0 saturated carbocycles. The molecule has 1 aliphatic rings. The van der Waals surface area contributed by atoms with Crippen LogP contribution in [0.1, 0.15) is 33.9 Å². The third-order valence-corrected chi connectivity index (χ3v) is 4.42. The molecule has 0 saturated heterocycles. The molecular weight excluding hydrogens is 270 g/mol. The summed E-state index contributed by atoms with van der Waals surface area (Å²) in [5, 5.41) is 4.21. The first kappa shape index (κ1) is 13.6. The Morgan fingerprint density at radius 2 is 1.95 bits per heavy atom. The van der Waals surface area contributed by atoms with Gasteiger partial charge in [-0.05, 0) is 41.8 Å². The zero-order valence-electron chi connectivity index (χ0n) is 11.7. The molecule has 1 unspecified atom stereocenters. The molecule has 1 atom stereocenters. The maximum Gasteiger partial charge on any atom is 0.0725 e. The summed E-state index contributed by atoms with van der Waals surface area (Å²) in [7, 11) is 1.97. The van der Waals surface area contributed by atoms with Gasteiger partial charge in [-0.3, -0.25) is 0 Å². The molecule has 3 heteroatoms. The second-order valence-corrected chi connectivity index (χ2v) is 5.60. The summed E-state index contributed by atoms with van der Waals surface area (Å²) in [6, 6.07) is 12.8. The van der Waals surface area contributed by atoms with Crippen molar-refractivity contribution in [1.82, 2.24) is 5.32 Å². The number of ether oxygens (including phenoxy) is 1. The Labute approximate surface area is 124 Å². The van der Waals surface area contributed by atoms with Crippen molar-refractivity contribution in [1.29, 1.82) is 0 Å². The Kier molecular flexibility index (Phi) is 3.79.